The van der Waals surface area contributed by atoms with Crippen LogP contribution in [0.15, 0.2) is 28.0 Å². The lowest BCUT2D eigenvalue weighted by atomic mass is 10.4. The molecule has 0 aliphatic carbocycles. The summed E-state index contributed by atoms with van der Waals surface area (Å²) in [6, 6.07) is 3.71. The topological polar surface area (TPSA) is 83.8 Å². The molecule has 2 aromatic heterocycles. The van der Waals surface area contributed by atoms with Gasteiger partial charge < -0.3 is 9.73 Å². The highest BCUT2D eigenvalue weighted by atomic mass is 32.2. The number of nitrogens with zero attached hydrogens (tertiary/aromatic N) is 2. The number of carbonyl (C=O) groups is 1. The van der Waals surface area contributed by atoms with Crippen LogP contribution >= 0.6 is 11.8 Å². The van der Waals surface area contributed by atoms with Gasteiger partial charge >= 0.3 is 0 Å². The first-order valence-corrected chi connectivity index (χ1v) is 6.03. The Morgan fingerprint density at radius 2 is 2.47 bits per heavy atom. The quantitative estimate of drug-likeness (QED) is 0.779. The normalized spacial score (nSPS) is 10.4. The number of furan rings is 1. The van der Waals surface area contributed by atoms with Crippen molar-refractivity contribution in [2.24, 2.45) is 0 Å². The highest BCUT2D eigenvalue weighted by Gasteiger charge is 2.05. The monoisotopic (exact) mass is 252 g/mol. The third-order valence-corrected chi connectivity index (χ3v) is 2.87. The van der Waals surface area contributed by atoms with E-state index in [1.54, 1.807) is 0 Å². The molecule has 0 spiro atoms. The Balaban J connectivity index is 1.71. The maximum atomic E-state index is 11.5. The fraction of sp³-hybridized carbons (Fsp3) is 0.300. The van der Waals surface area contributed by atoms with Crippen LogP contribution in [0.5, 0.6) is 0 Å². The Hall–Kier alpha value is -1.76. The van der Waals surface area contributed by atoms with Gasteiger partial charge in [0.05, 0.1) is 12.3 Å². The van der Waals surface area contributed by atoms with Crippen molar-refractivity contribution in [2.75, 3.05) is 5.75 Å². The molecule has 0 saturated carbocycles. The second kappa shape index (κ2) is 5.53. The Labute approximate surface area is 102 Å². The van der Waals surface area contributed by atoms with Crippen molar-refractivity contribution < 1.29 is 9.21 Å². The molecule has 0 fully saturated rings. The van der Waals surface area contributed by atoms with Crippen molar-refractivity contribution >= 4 is 17.7 Å². The molecule has 2 rings (SSSR count). The Bertz CT molecular complexity index is 480. The summed E-state index contributed by atoms with van der Waals surface area (Å²) < 4.78 is 5.33. The Morgan fingerprint density at radius 3 is 3.12 bits per heavy atom. The van der Waals surface area contributed by atoms with Gasteiger partial charge in [-0.25, -0.2) is 4.98 Å². The van der Waals surface area contributed by atoms with Gasteiger partial charge in [-0.05, 0) is 19.1 Å². The molecule has 0 radical (unpaired) electrons. The standard InChI is InChI=1S/C10H12N4O2S/c1-7-2-3-8(16-7)4-11-9(15)5-17-10-12-6-13-14-10/h2-3,6H,4-5H2,1H3,(H,11,15)(H,12,13,14). The molecule has 0 aliphatic heterocycles. The number of H-pyrrole nitrogens is 1. The molecule has 0 bridgehead atoms. The van der Waals surface area contributed by atoms with E-state index in [0.717, 1.165) is 11.5 Å². The van der Waals surface area contributed by atoms with Crippen molar-refractivity contribution in [3.63, 3.8) is 0 Å². The number of nitrogens with one attached hydrogen (secondary N) is 2. The number of hydrogen-bond donors (Lipinski definition) is 2. The minimum absolute atomic E-state index is 0.0690. The number of thioether (sulfide) groups is 1. The van der Waals surface area contributed by atoms with E-state index in [1.165, 1.54) is 18.1 Å². The Morgan fingerprint density at radius 1 is 1.59 bits per heavy atom. The van der Waals surface area contributed by atoms with Gasteiger partial charge in [-0.2, -0.15) is 5.10 Å². The van der Waals surface area contributed by atoms with Gasteiger partial charge in [-0.15, -0.1) is 0 Å². The SMILES string of the molecule is Cc1ccc(CNC(=O)CSc2ncn[nH]2)o1. The van der Waals surface area contributed by atoms with Crippen molar-refractivity contribution in [1.29, 1.82) is 0 Å². The predicted molar refractivity (Wildman–Crippen MR) is 62.4 cm³/mol. The molecule has 2 heterocycles. The first-order valence-electron chi connectivity index (χ1n) is 5.04. The molecule has 0 saturated heterocycles. The van der Waals surface area contributed by atoms with Gasteiger partial charge in [0.15, 0.2) is 5.16 Å². The summed E-state index contributed by atoms with van der Waals surface area (Å²) in [4.78, 5) is 15.4. The number of aromatic amines is 1. The van der Waals surface area contributed by atoms with E-state index in [1.807, 2.05) is 19.1 Å². The van der Waals surface area contributed by atoms with E-state index >= 15 is 0 Å². The largest absolute Gasteiger partial charge is 0.465 e. The lowest BCUT2D eigenvalue weighted by Crippen LogP contribution is -2.24. The molecule has 1 amide bonds. The zero-order valence-corrected chi connectivity index (χ0v) is 10.1. The molecular weight excluding hydrogens is 240 g/mol. The molecule has 2 aromatic rings. The van der Waals surface area contributed by atoms with Gasteiger partial charge in [0.2, 0.25) is 5.91 Å². The van der Waals surface area contributed by atoms with Crippen LogP contribution in [0, 0.1) is 6.92 Å². The van der Waals surface area contributed by atoms with Crippen LogP contribution in [0.4, 0.5) is 0 Å². The van der Waals surface area contributed by atoms with Crippen LogP contribution in [0.2, 0.25) is 0 Å². The summed E-state index contributed by atoms with van der Waals surface area (Å²) >= 11 is 1.30. The van der Waals surface area contributed by atoms with Crippen LogP contribution < -0.4 is 5.32 Å². The lowest BCUT2D eigenvalue weighted by Gasteiger charge is -2.01. The molecule has 6 nitrogen and oxygen atoms in total. The molecule has 0 atom stereocenters. The van der Waals surface area contributed by atoms with E-state index in [4.69, 9.17) is 4.42 Å². The van der Waals surface area contributed by atoms with E-state index in [9.17, 15) is 4.79 Å². The number of amides is 1. The molecular formula is C10H12N4O2S. The second-order valence-corrected chi connectivity index (χ2v) is 4.33. The predicted octanol–water partition coefficient (Wildman–Crippen LogP) is 1.11. The summed E-state index contributed by atoms with van der Waals surface area (Å²) in [5, 5.41) is 9.76. The fourth-order valence-corrected chi connectivity index (χ4v) is 1.82. The summed E-state index contributed by atoms with van der Waals surface area (Å²) in [6.07, 6.45) is 1.41. The molecule has 0 aliphatic rings. The molecule has 90 valence electrons. The Kier molecular flexibility index (Phi) is 3.81. The van der Waals surface area contributed by atoms with Gasteiger partial charge in [-0.1, -0.05) is 11.8 Å². The van der Waals surface area contributed by atoms with Crippen LogP contribution in [0.3, 0.4) is 0 Å². The van der Waals surface area contributed by atoms with Crippen molar-refractivity contribution in [1.82, 2.24) is 20.5 Å². The van der Waals surface area contributed by atoms with Gasteiger partial charge in [0.25, 0.3) is 0 Å². The smallest absolute Gasteiger partial charge is 0.230 e. The minimum atomic E-state index is -0.0690. The average Bonchev–Trinajstić information content (AvgIpc) is 2.95. The zero-order valence-electron chi connectivity index (χ0n) is 9.27. The number of aryl methyl sites for hydroxylation is 1. The molecule has 2 N–H and O–H groups in total. The number of hydrogen-bond acceptors (Lipinski definition) is 5. The highest BCUT2D eigenvalue weighted by molar-refractivity contribution is 7.99. The fourth-order valence-electron chi connectivity index (χ4n) is 1.21. The minimum Gasteiger partial charge on any atom is -0.465 e. The summed E-state index contributed by atoms with van der Waals surface area (Å²) in [6.45, 7) is 2.27. The maximum Gasteiger partial charge on any atom is 0.230 e. The van der Waals surface area contributed by atoms with Crippen molar-refractivity contribution in [3.8, 4) is 0 Å². The second-order valence-electron chi connectivity index (χ2n) is 3.37. The first kappa shape index (κ1) is 11.7. The average molecular weight is 252 g/mol. The third kappa shape index (κ3) is 3.63. The summed E-state index contributed by atoms with van der Waals surface area (Å²) in [5.41, 5.74) is 0. The molecule has 0 aromatic carbocycles. The number of carbonyl (C=O) groups excluding carboxylic acids is 1. The van der Waals surface area contributed by atoms with Crippen LogP contribution in [0.25, 0.3) is 0 Å². The maximum absolute atomic E-state index is 11.5. The van der Waals surface area contributed by atoms with Gasteiger partial charge in [0.1, 0.15) is 17.8 Å². The van der Waals surface area contributed by atoms with Gasteiger partial charge in [-0.3, -0.25) is 9.89 Å². The first-order chi connectivity index (χ1) is 8.24. The van der Waals surface area contributed by atoms with Crippen molar-refractivity contribution in [3.05, 3.63) is 30.0 Å². The number of rotatable bonds is 5. The molecule has 17 heavy (non-hydrogen) atoms. The van der Waals surface area contributed by atoms with E-state index in [2.05, 4.69) is 20.5 Å². The summed E-state index contributed by atoms with van der Waals surface area (Å²) in [7, 11) is 0. The van der Waals surface area contributed by atoms with Crippen molar-refractivity contribution in [2.45, 2.75) is 18.6 Å². The van der Waals surface area contributed by atoms with E-state index < -0.39 is 0 Å². The zero-order chi connectivity index (χ0) is 12.1. The summed E-state index contributed by atoms with van der Waals surface area (Å²) in [5.74, 6) is 1.82. The van der Waals surface area contributed by atoms with Crippen LogP contribution in [-0.2, 0) is 11.3 Å². The van der Waals surface area contributed by atoms with E-state index in [0.29, 0.717) is 17.5 Å². The molecule has 7 heteroatoms. The van der Waals surface area contributed by atoms with Gasteiger partial charge in [0, 0.05) is 0 Å². The molecule has 0 unspecified atom stereocenters. The van der Waals surface area contributed by atoms with Crippen LogP contribution in [-0.4, -0.2) is 26.8 Å². The lowest BCUT2D eigenvalue weighted by molar-refractivity contribution is -0.118. The third-order valence-electron chi connectivity index (χ3n) is 1.99. The van der Waals surface area contributed by atoms with E-state index in [-0.39, 0.29) is 5.91 Å². The highest BCUT2D eigenvalue weighted by Crippen LogP contribution is 2.10. The number of aromatic nitrogens is 3. The van der Waals surface area contributed by atoms with Crippen LogP contribution in [0.1, 0.15) is 11.5 Å².